The van der Waals surface area contributed by atoms with Crippen LogP contribution in [0.25, 0.3) is 55.2 Å². The molecule has 6 aromatic rings. The Labute approximate surface area is 212 Å². The first-order valence-electron chi connectivity index (χ1n) is 12.4. The average Bonchev–Trinajstić information content (AvgIpc) is 3.68. The number of fused-ring (bicyclic) bond motifs is 2. The van der Waals surface area contributed by atoms with Crippen LogP contribution in [0.5, 0.6) is 0 Å². The maximum atomic E-state index is 5.03. The SMILES string of the molecule is c1csc(-c2nccc3[nH]c(-c4n[nH]c5ccc(-c6cncc(CN7CCCCC7)c6)nc45)cc23)c1. The van der Waals surface area contributed by atoms with Gasteiger partial charge in [-0.15, -0.1) is 11.3 Å². The van der Waals surface area contributed by atoms with Gasteiger partial charge < -0.3 is 4.98 Å². The largest absolute Gasteiger partial charge is 0.353 e. The summed E-state index contributed by atoms with van der Waals surface area (Å²) in [4.78, 5) is 21.4. The van der Waals surface area contributed by atoms with E-state index in [0.717, 1.165) is 61.7 Å². The smallest absolute Gasteiger partial charge is 0.135 e. The van der Waals surface area contributed by atoms with Gasteiger partial charge in [-0.1, -0.05) is 12.5 Å². The summed E-state index contributed by atoms with van der Waals surface area (Å²) >= 11 is 1.69. The Hall–Kier alpha value is -3.88. The topological polar surface area (TPSA) is 86.4 Å². The van der Waals surface area contributed by atoms with Crippen molar-refractivity contribution in [1.82, 2.24) is 35.0 Å². The Balaban J connectivity index is 1.26. The zero-order chi connectivity index (χ0) is 23.9. The second-order valence-corrected chi connectivity index (χ2v) is 10.3. The van der Waals surface area contributed by atoms with Crippen molar-refractivity contribution in [3.63, 3.8) is 0 Å². The quantitative estimate of drug-likeness (QED) is 0.296. The Bertz CT molecular complexity index is 1660. The fraction of sp³-hybridized carbons (Fsp3) is 0.214. The van der Waals surface area contributed by atoms with Crippen LogP contribution in [0.4, 0.5) is 0 Å². The zero-order valence-electron chi connectivity index (χ0n) is 19.7. The molecule has 7 heterocycles. The van der Waals surface area contributed by atoms with Gasteiger partial charge in [0, 0.05) is 41.6 Å². The molecule has 0 aliphatic carbocycles. The summed E-state index contributed by atoms with van der Waals surface area (Å²) in [5.74, 6) is 0. The van der Waals surface area contributed by atoms with Crippen LogP contribution in [0.3, 0.4) is 0 Å². The van der Waals surface area contributed by atoms with E-state index in [1.165, 1.54) is 37.9 Å². The molecule has 2 N–H and O–H groups in total. The van der Waals surface area contributed by atoms with Gasteiger partial charge in [-0.25, -0.2) is 4.98 Å². The molecule has 0 radical (unpaired) electrons. The standard InChI is InChI=1S/C28H25N7S/c1-2-10-35(11-3-1)17-18-13-19(16-29-15-18)21-6-7-23-27(32-21)28(34-33-23)24-14-20-22(31-24)8-9-30-26(20)25-5-4-12-36-25/h4-9,12-16,31H,1-3,10-11,17H2,(H,33,34). The fourth-order valence-electron chi connectivity index (χ4n) is 5.13. The van der Waals surface area contributed by atoms with Crippen LogP contribution in [-0.2, 0) is 6.54 Å². The first-order valence-corrected chi connectivity index (χ1v) is 13.2. The highest BCUT2D eigenvalue weighted by Gasteiger charge is 2.17. The third-order valence-corrected chi connectivity index (χ3v) is 7.79. The molecule has 0 saturated carbocycles. The van der Waals surface area contributed by atoms with E-state index in [1.54, 1.807) is 11.3 Å². The van der Waals surface area contributed by atoms with E-state index in [1.807, 2.05) is 36.8 Å². The number of rotatable bonds is 5. The van der Waals surface area contributed by atoms with Gasteiger partial charge >= 0.3 is 0 Å². The van der Waals surface area contributed by atoms with Crippen molar-refractivity contribution in [3.8, 4) is 33.2 Å². The normalized spacial score (nSPS) is 14.7. The van der Waals surface area contributed by atoms with Crippen LogP contribution in [0.15, 0.2) is 66.4 Å². The predicted octanol–water partition coefficient (Wildman–Crippen LogP) is 6.28. The number of nitrogens with one attached hydrogen (secondary N) is 2. The van der Waals surface area contributed by atoms with Gasteiger partial charge in [-0.2, -0.15) is 5.10 Å². The number of aromatic amines is 2. The summed E-state index contributed by atoms with van der Waals surface area (Å²) in [5, 5.41) is 10.9. The molecule has 36 heavy (non-hydrogen) atoms. The van der Waals surface area contributed by atoms with Gasteiger partial charge in [0.25, 0.3) is 0 Å². The van der Waals surface area contributed by atoms with E-state index in [2.05, 4.69) is 59.7 Å². The number of aromatic nitrogens is 6. The number of likely N-dealkylation sites (tertiary alicyclic amines) is 1. The predicted molar refractivity (Wildman–Crippen MR) is 145 cm³/mol. The van der Waals surface area contributed by atoms with Crippen LogP contribution >= 0.6 is 11.3 Å². The number of piperidine rings is 1. The third-order valence-electron chi connectivity index (χ3n) is 6.91. The molecule has 178 valence electrons. The molecule has 6 aromatic heterocycles. The summed E-state index contributed by atoms with van der Waals surface area (Å²) in [6.07, 6.45) is 9.63. The maximum Gasteiger partial charge on any atom is 0.135 e. The van der Waals surface area contributed by atoms with Crippen molar-refractivity contribution < 1.29 is 0 Å². The highest BCUT2D eigenvalue weighted by molar-refractivity contribution is 7.13. The lowest BCUT2D eigenvalue weighted by Gasteiger charge is -2.26. The second kappa shape index (κ2) is 8.96. The number of pyridine rings is 3. The lowest BCUT2D eigenvalue weighted by molar-refractivity contribution is 0.220. The number of hydrogen-bond donors (Lipinski definition) is 2. The molecule has 8 heteroatoms. The Kier molecular flexibility index (Phi) is 5.33. The van der Waals surface area contributed by atoms with Crippen LogP contribution in [0.1, 0.15) is 24.8 Å². The van der Waals surface area contributed by atoms with Crippen molar-refractivity contribution in [1.29, 1.82) is 0 Å². The minimum absolute atomic E-state index is 0.803. The molecule has 1 fully saturated rings. The summed E-state index contributed by atoms with van der Waals surface area (Å²) in [6.45, 7) is 3.28. The molecule has 1 aliphatic rings. The Morgan fingerprint density at radius 3 is 2.78 bits per heavy atom. The molecule has 7 rings (SSSR count). The number of nitrogens with zero attached hydrogens (tertiary/aromatic N) is 5. The number of H-pyrrole nitrogens is 2. The maximum absolute atomic E-state index is 5.03. The first-order chi connectivity index (χ1) is 17.8. The number of hydrogen-bond acceptors (Lipinski definition) is 6. The molecule has 7 nitrogen and oxygen atoms in total. The highest BCUT2D eigenvalue weighted by Crippen LogP contribution is 2.34. The van der Waals surface area contributed by atoms with Gasteiger partial charge in [0.1, 0.15) is 11.2 Å². The molecule has 0 amide bonds. The summed E-state index contributed by atoms with van der Waals surface area (Å²) in [5.41, 5.74) is 8.64. The molecular formula is C28H25N7S. The first kappa shape index (κ1) is 21.4. The lowest BCUT2D eigenvalue weighted by Crippen LogP contribution is -2.29. The average molecular weight is 492 g/mol. The van der Waals surface area contributed by atoms with Gasteiger partial charge in [0.2, 0.25) is 0 Å². The third kappa shape index (κ3) is 3.88. The van der Waals surface area contributed by atoms with Crippen molar-refractivity contribution in [2.45, 2.75) is 25.8 Å². The van der Waals surface area contributed by atoms with Gasteiger partial charge in [-0.3, -0.25) is 20.0 Å². The van der Waals surface area contributed by atoms with Crippen molar-refractivity contribution in [2.75, 3.05) is 13.1 Å². The van der Waals surface area contributed by atoms with Crippen LogP contribution in [0, 0.1) is 0 Å². The molecule has 0 spiro atoms. The zero-order valence-corrected chi connectivity index (χ0v) is 20.6. The summed E-state index contributed by atoms with van der Waals surface area (Å²) in [6, 6.07) is 14.6. The second-order valence-electron chi connectivity index (χ2n) is 9.36. The minimum atomic E-state index is 0.803. The van der Waals surface area contributed by atoms with Crippen molar-refractivity contribution in [3.05, 3.63) is 72.0 Å². The number of thiophene rings is 1. The van der Waals surface area contributed by atoms with E-state index in [0.29, 0.717) is 0 Å². The minimum Gasteiger partial charge on any atom is -0.353 e. The molecular weight excluding hydrogens is 466 g/mol. The molecule has 0 bridgehead atoms. The Morgan fingerprint density at radius 1 is 0.944 bits per heavy atom. The monoisotopic (exact) mass is 491 g/mol. The van der Waals surface area contributed by atoms with E-state index in [4.69, 9.17) is 4.98 Å². The van der Waals surface area contributed by atoms with Gasteiger partial charge in [-0.05, 0) is 73.3 Å². The molecule has 1 saturated heterocycles. The van der Waals surface area contributed by atoms with E-state index >= 15 is 0 Å². The van der Waals surface area contributed by atoms with Gasteiger partial charge in [0.15, 0.2) is 0 Å². The summed E-state index contributed by atoms with van der Waals surface area (Å²) in [7, 11) is 0. The van der Waals surface area contributed by atoms with Crippen molar-refractivity contribution >= 4 is 33.3 Å². The Morgan fingerprint density at radius 2 is 1.89 bits per heavy atom. The summed E-state index contributed by atoms with van der Waals surface area (Å²) < 4.78 is 0. The lowest BCUT2D eigenvalue weighted by atomic mass is 10.1. The van der Waals surface area contributed by atoms with Crippen LogP contribution in [0.2, 0.25) is 0 Å². The van der Waals surface area contributed by atoms with Crippen molar-refractivity contribution in [2.24, 2.45) is 0 Å². The van der Waals surface area contributed by atoms with E-state index < -0.39 is 0 Å². The van der Waals surface area contributed by atoms with E-state index in [9.17, 15) is 0 Å². The molecule has 0 aromatic carbocycles. The highest BCUT2D eigenvalue weighted by atomic mass is 32.1. The molecule has 1 aliphatic heterocycles. The molecule has 0 unspecified atom stereocenters. The van der Waals surface area contributed by atoms with Crippen LogP contribution in [-0.4, -0.2) is 48.1 Å². The van der Waals surface area contributed by atoms with Gasteiger partial charge in [0.05, 0.1) is 27.5 Å². The molecule has 0 atom stereocenters. The fourth-order valence-corrected chi connectivity index (χ4v) is 5.86. The van der Waals surface area contributed by atoms with Crippen LogP contribution < -0.4 is 0 Å². The van der Waals surface area contributed by atoms with E-state index in [-0.39, 0.29) is 0 Å².